The summed E-state index contributed by atoms with van der Waals surface area (Å²) >= 11 is 0. The minimum atomic E-state index is -0.830. The van der Waals surface area contributed by atoms with Crippen molar-refractivity contribution in [3.8, 4) is 0 Å². The van der Waals surface area contributed by atoms with Gasteiger partial charge in [0.1, 0.15) is 0 Å². The number of hydrogen-bond donors (Lipinski definition) is 2. The van der Waals surface area contributed by atoms with Gasteiger partial charge in [-0.15, -0.1) is 0 Å². The van der Waals surface area contributed by atoms with Crippen molar-refractivity contribution in [2.24, 2.45) is 0 Å². The topological polar surface area (TPSA) is 66.4 Å². The molecular formula is C17H17NO3. The zero-order valence-corrected chi connectivity index (χ0v) is 11.8. The maximum absolute atomic E-state index is 12.1. The third-order valence-electron chi connectivity index (χ3n) is 3.13. The smallest absolute Gasteiger partial charge is 0.303 e. The molecule has 0 heterocycles. The van der Waals surface area contributed by atoms with Gasteiger partial charge in [0.25, 0.3) is 5.91 Å². The number of nitrogens with one attached hydrogen (secondary N) is 1. The number of aliphatic carboxylic acids is 1. The molecule has 0 radical (unpaired) electrons. The van der Waals surface area contributed by atoms with Crippen molar-refractivity contribution >= 4 is 17.6 Å². The van der Waals surface area contributed by atoms with Crippen molar-refractivity contribution in [3.05, 3.63) is 65.2 Å². The fraction of sp³-hybridized carbons (Fsp3) is 0.176. The van der Waals surface area contributed by atoms with E-state index in [1.165, 1.54) is 0 Å². The lowest BCUT2D eigenvalue weighted by Gasteiger charge is -2.07. The Morgan fingerprint density at radius 2 is 1.81 bits per heavy atom. The van der Waals surface area contributed by atoms with Crippen LogP contribution >= 0.6 is 0 Å². The molecule has 2 rings (SSSR count). The number of carboxylic acid groups (broad SMARTS) is 1. The lowest BCUT2D eigenvalue weighted by atomic mass is 10.1. The molecule has 2 aromatic rings. The number of rotatable bonds is 5. The van der Waals surface area contributed by atoms with E-state index in [1.54, 1.807) is 24.3 Å². The van der Waals surface area contributed by atoms with Gasteiger partial charge in [-0.1, -0.05) is 29.8 Å². The van der Waals surface area contributed by atoms with Gasteiger partial charge in [-0.05, 0) is 43.2 Å². The molecular weight excluding hydrogens is 266 g/mol. The summed E-state index contributed by atoms with van der Waals surface area (Å²) in [5, 5.41) is 11.5. The average Bonchev–Trinajstić information content (AvgIpc) is 2.46. The van der Waals surface area contributed by atoms with Crippen LogP contribution in [0.4, 0.5) is 5.69 Å². The molecule has 2 N–H and O–H groups in total. The first-order valence-electron chi connectivity index (χ1n) is 6.73. The first kappa shape index (κ1) is 14.8. The number of amides is 1. The minimum Gasteiger partial charge on any atom is -0.481 e. The summed E-state index contributed by atoms with van der Waals surface area (Å²) in [6.07, 6.45) is 0.527. The minimum absolute atomic E-state index is 0.0787. The lowest BCUT2D eigenvalue weighted by molar-refractivity contribution is -0.136. The van der Waals surface area contributed by atoms with Crippen LogP contribution < -0.4 is 5.32 Å². The second kappa shape index (κ2) is 6.70. The summed E-state index contributed by atoms with van der Waals surface area (Å²) in [6.45, 7) is 1.97. The van der Waals surface area contributed by atoms with E-state index in [-0.39, 0.29) is 12.3 Å². The van der Waals surface area contributed by atoms with Crippen LogP contribution in [0.3, 0.4) is 0 Å². The van der Waals surface area contributed by atoms with Crippen LogP contribution in [-0.2, 0) is 11.2 Å². The quantitative estimate of drug-likeness (QED) is 0.885. The summed E-state index contributed by atoms with van der Waals surface area (Å²) in [7, 11) is 0. The maximum Gasteiger partial charge on any atom is 0.303 e. The van der Waals surface area contributed by atoms with Gasteiger partial charge in [0.15, 0.2) is 0 Å². The van der Waals surface area contributed by atoms with E-state index in [1.807, 2.05) is 31.2 Å². The SMILES string of the molecule is Cc1ccc(C(=O)Nc2cccc(CCC(=O)O)c2)cc1. The molecule has 1 amide bonds. The number of carboxylic acids is 1. The number of benzene rings is 2. The van der Waals surface area contributed by atoms with Crippen LogP contribution in [0.15, 0.2) is 48.5 Å². The average molecular weight is 283 g/mol. The molecule has 0 aliphatic carbocycles. The molecule has 4 nitrogen and oxygen atoms in total. The third-order valence-corrected chi connectivity index (χ3v) is 3.13. The van der Waals surface area contributed by atoms with E-state index in [0.717, 1.165) is 11.1 Å². The largest absolute Gasteiger partial charge is 0.481 e. The third kappa shape index (κ3) is 4.45. The summed E-state index contributed by atoms with van der Waals surface area (Å²) < 4.78 is 0. The zero-order chi connectivity index (χ0) is 15.2. The van der Waals surface area contributed by atoms with Crippen molar-refractivity contribution in [2.75, 3.05) is 5.32 Å². The van der Waals surface area contributed by atoms with Gasteiger partial charge < -0.3 is 10.4 Å². The summed E-state index contributed by atoms with van der Waals surface area (Å²) in [5.41, 5.74) is 3.25. The fourth-order valence-electron chi connectivity index (χ4n) is 1.96. The van der Waals surface area contributed by atoms with E-state index in [4.69, 9.17) is 5.11 Å². The van der Waals surface area contributed by atoms with Crippen LogP contribution in [-0.4, -0.2) is 17.0 Å². The van der Waals surface area contributed by atoms with E-state index in [2.05, 4.69) is 5.32 Å². The van der Waals surface area contributed by atoms with Crippen molar-refractivity contribution in [1.29, 1.82) is 0 Å². The molecule has 0 spiro atoms. The number of hydrogen-bond acceptors (Lipinski definition) is 2. The van der Waals surface area contributed by atoms with E-state index in [0.29, 0.717) is 17.7 Å². The summed E-state index contributed by atoms with van der Waals surface area (Å²) in [6, 6.07) is 14.6. The second-order valence-electron chi connectivity index (χ2n) is 4.91. The molecule has 4 heteroatoms. The van der Waals surface area contributed by atoms with E-state index < -0.39 is 5.97 Å². The molecule has 0 atom stereocenters. The normalized spacial score (nSPS) is 10.1. The Labute approximate surface area is 123 Å². The molecule has 0 aliphatic rings. The summed E-state index contributed by atoms with van der Waals surface area (Å²) in [5.74, 6) is -1.01. The van der Waals surface area contributed by atoms with Crippen molar-refractivity contribution in [1.82, 2.24) is 0 Å². The molecule has 0 saturated heterocycles. The van der Waals surface area contributed by atoms with Crippen LogP contribution in [0.2, 0.25) is 0 Å². The lowest BCUT2D eigenvalue weighted by Crippen LogP contribution is -2.12. The van der Waals surface area contributed by atoms with Gasteiger partial charge in [-0.3, -0.25) is 9.59 Å². The number of carbonyl (C=O) groups is 2. The first-order valence-corrected chi connectivity index (χ1v) is 6.73. The Hall–Kier alpha value is -2.62. The fourth-order valence-corrected chi connectivity index (χ4v) is 1.96. The second-order valence-corrected chi connectivity index (χ2v) is 4.91. The Morgan fingerprint density at radius 3 is 2.48 bits per heavy atom. The first-order chi connectivity index (χ1) is 10.0. The van der Waals surface area contributed by atoms with Gasteiger partial charge in [0, 0.05) is 17.7 Å². The van der Waals surface area contributed by atoms with Crippen LogP contribution in [0.5, 0.6) is 0 Å². The highest BCUT2D eigenvalue weighted by Gasteiger charge is 2.06. The number of anilines is 1. The predicted octanol–water partition coefficient (Wildman–Crippen LogP) is 3.26. The highest BCUT2D eigenvalue weighted by atomic mass is 16.4. The molecule has 108 valence electrons. The Balaban J connectivity index is 2.05. The Bertz CT molecular complexity index is 647. The van der Waals surface area contributed by atoms with Gasteiger partial charge in [0.2, 0.25) is 0 Å². The molecule has 2 aromatic carbocycles. The van der Waals surface area contributed by atoms with Gasteiger partial charge in [0.05, 0.1) is 0 Å². The van der Waals surface area contributed by atoms with Crippen molar-refractivity contribution in [2.45, 2.75) is 19.8 Å². The maximum atomic E-state index is 12.1. The van der Waals surface area contributed by atoms with Gasteiger partial charge in [-0.2, -0.15) is 0 Å². The van der Waals surface area contributed by atoms with E-state index in [9.17, 15) is 9.59 Å². The highest BCUT2D eigenvalue weighted by Crippen LogP contribution is 2.14. The highest BCUT2D eigenvalue weighted by molar-refractivity contribution is 6.04. The van der Waals surface area contributed by atoms with Crippen LogP contribution in [0, 0.1) is 6.92 Å². The standard InChI is InChI=1S/C17H17NO3/c1-12-5-8-14(9-6-12)17(21)18-15-4-2-3-13(11-15)7-10-16(19)20/h2-6,8-9,11H,7,10H2,1H3,(H,18,21)(H,19,20). The van der Waals surface area contributed by atoms with Crippen molar-refractivity contribution < 1.29 is 14.7 Å². The molecule has 0 saturated carbocycles. The molecule has 0 fully saturated rings. The monoisotopic (exact) mass is 283 g/mol. The van der Waals surface area contributed by atoms with Gasteiger partial charge >= 0.3 is 5.97 Å². The van der Waals surface area contributed by atoms with Crippen molar-refractivity contribution in [3.63, 3.8) is 0 Å². The predicted molar refractivity (Wildman–Crippen MR) is 81.5 cm³/mol. The van der Waals surface area contributed by atoms with Gasteiger partial charge in [-0.25, -0.2) is 0 Å². The molecule has 0 aliphatic heterocycles. The summed E-state index contributed by atoms with van der Waals surface area (Å²) in [4.78, 5) is 22.7. The molecule has 0 unspecified atom stereocenters. The van der Waals surface area contributed by atoms with Crippen LogP contribution in [0.25, 0.3) is 0 Å². The van der Waals surface area contributed by atoms with E-state index >= 15 is 0 Å². The number of aryl methyl sites for hydroxylation is 2. The molecule has 21 heavy (non-hydrogen) atoms. The Kier molecular flexibility index (Phi) is 4.72. The number of carbonyl (C=O) groups excluding carboxylic acids is 1. The Morgan fingerprint density at radius 1 is 1.10 bits per heavy atom. The molecule has 0 aromatic heterocycles. The van der Waals surface area contributed by atoms with Crippen LogP contribution in [0.1, 0.15) is 27.9 Å². The molecule has 0 bridgehead atoms. The zero-order valence-electron chi connectivity index (χ0n) is 11.8.